The van der Waals surface area contributed by atoms with Gasteiger partial charge in [-0.1, -0.05) is 30.3 Å². The number of hydrogen-bond acceptors (Lipinski definition) is 7. The normalized spacial score (nSPS) is 19.8. The quantitative estimate of drug-likeness (QED) is 0.393. The standard InChI is InChI=1S/C25H26N2O6/c28-20(17-5-6-18-16-24(29)32-23(18)15-17)7-9-26-10-12-27(13-11-26)25(30)33-22-8-14-31-21-4-2-1-3-19(21)22/h1-6,15,22H,7-14,16H2. The number of benzene rings is 2. The van der Waals surface area contributed by atoms with Crippen molar-refractivity contribution < 1.29 is 28.6 Å². The molecule has 2 aromatic rings. The number of carbonyl (C=O) groups is 3. The van der Waals surface area contributed by atoms with Crippen molar-refractivity contribution in [2.24, 2.45) is 0 Å². The van der Waals surface area contributed by atoms with Crippen LogP contribution < -0.4 is 9.47 Å². The second-order valence-corrected chi connectivity index (χ2v) is 8.52. The average molecular weight is 450 g/mol. The van der Waals surface area contributed by atoms with Crippen LogP contribution in [-0.4, -0.2) is 67.0 Å². The molecule has 0 bridgehead atoms. The number of piperazine rings is 1. The summed E-state index contributed by atoms with van der Waals surface area (Å²) in [6, 6.07) is 12.9. The van der Waals surface area contributed by atoms with Crippen molar-refractivity contribution in [1.29, 1.82) is 0 Å². The third-order valence-corrected chi connectivity index (χ3v) is 6.38. The lowest BCUT2D eigenvalue weighted by Crippen LogP contribution is -2.49. The maximum atomic E-state index is 12.7. The zero-order chi connectivity index (χ0) is 22.8. The first-order chi connectivity index (χ1) is 16.1. The van der Waals surface area contributed by atoms with E-state index in [-0.39, 0.29) is 30.4 Å². The van der Waals surface area contributed by atoms with Gasteiger partial charge in [-0.3, -0.25) is 14.5 Å². The van der Waals surface area contributed by atoms with Crippen LogP contribution in [0.25, 0.3) is 0 Å². The summed E-state index contributed by atoms with van der Waals surface area (Å²) < 4.78 is 16.6. The van der Waals surface area contributed by atoms with Crippen molar-refractivity contribution in [1.82, 2.24) is 9.80 Å². The summed E-state index contributed by atoms with van der Waals surface area (Å²) in [7, 11) is 0. The molecule has 3 aliphatic rings. The van der Waals surface area contributed by atoms with E-state index in [1.165, 1.54) is 0 Å². The van der Waals surface area contributed by atoms with Crippen LogP contribution in [0, 0.1) is 0 Å². The monoisotopic (exact) mass is 450 g/mol. The van der Waals surface area contributed by atoms with Crippen LogP contribution >= 0.6 is 0 Å². The summed E-state index contributed by atoms with van der Waals surface area (Å²) >= 11 is 0. The molecule has 0 aliphatic carbocycles. The van der Waals surface area contributed by atoms with Gasteiger partial charge in [0.1, 0.15) is 17.6 Å². The molecule has 0 saturated carbocycles. The fraction of sp³-hybridized carbons (Fsp3) is 0.400. The van der Waals surface area contributed by atoms with Crippen molar-refractivity contribution in [3.05, 3.63) is 59.2 Å². The second kappa shape index (κ2) is 9.23. The Morgan fingerprint density at radius 2 is 1.85 bits per heavy atom. The van der Waals surface area contributed by atoms with Gasteiger partial charge >= 0.3 is 12.1 Å². The Bertz CT molecular complexity index is 1080. The number of esters is 1. The summed E-state index contributed by atoms with van der Waals surface area (Å²) in [5.41, 5.74) is 2.29. The molecule has 1 amide bonds. The van der Waals surface area contributed by atoms with Gasteiger partial charge in [0, 0.05) is 62.3 Å². The highest BCUT2D eigenvalue weighted by Crippen LogP contribution is 2.34. The zero-order valence-electron chi connectivity index (χ0n) is 18.3. The largest absolute Gasteiger partial charge is 0.493 e. The SMILES string of the molecule is O=C1Cc2ccc(C(=O)CCN3CCN(C(=O)OC4CCOc5ccccc54)CC3)cc2O1. The number of ether oxygens (including phenoxy) is 3. The molecule has 33 heavy (non-hydrogen) atoms. The molecule has 0 N–H and O–H groups in total. The lowest BCUT2D eigenvalue weighted by Gasteiger charge is -2.35. The third kappa shape index (κ3) is 4.71. The molecule has 5 rings (SSSR count). The third-order valence-electron chi connectivity index (χ3n) is 6.38. The molecule has 0 radical (unpaired) electrons. The van der Waals surface area contributed by atoms with Gasteiger partial charge in [-0.05, 0) is 12.1 Å². The lowest BCUT2D eigenvalue weighted by atomic mass is 10.0. The predicted octanol–water partition coefficient (Wildman–Crippen LogP) is 3.00. The van der Waals surface area contributed by atoms with E-state index >= 15 is 0 Å². The molecule has 0 spiro atoms. The van der Waals surface area contributed by atoms with Crippen molar-refractivity contribution in [2.45, 2.75) is 25.4 Å². The number of para-hydroxylation sites is 1. The first-order valence-corrected chi connectivity index (χ1v) is 11.3. The Kier molecular flexibility index (Phi) is 6.00. The van der Waals surface area contributed by atoms with Gasteiger partial charge in [-0.25, -0.2) is 4.79 Å². The minimum absolute atomic E-state index is 0.0146. The molecular formula is C25H26N2O6. The van der Waals surface area contributed by atoms with Gasteiger partial charge in [0.2, 0.25) is 0 Å². The number of Topliss-reactive ketones (excluding diaryl/α,β-unsaturated/α-hetero) is 1. The molecule has 8 nitrogen and oxygen atoms in total. The topological polar surface area (TPSA) is 85.4 Å². The number of ketones is 1. The number of carbonyl (C=O) groups excluding carboxylic acids is 3. The number of hydrogen-bond donors (Lipinski definition) is 0. The second-order valence-electron chi connectivity index (χ2n) is 8.52. The highest BCUT2D eigenvalue weighted by Gasteiger charge is 2.29. The predicted molar refractivity (Wildman–Crippen MR) is 119 cm³/mol. The Balaban J connectivity index is 1.09. The van der Waals surface area contributed by atoms with Crippen LogP contribution in [0.2, 0.25) is 0 Å². The fourth-order valence-corrected chi connectivity index (χ4v) is 4.47. The van der Waals surface area contributed by atoms with Crippen LogP contribution in [0.3, 0.4) is 0 Å². The van der Waals surface area contributed by atoms with Gasteiger partial charge in [0.25, 0.3) is 0 Å². The van der Waals surface area contributed by atoms with E-state index < -0.39 is 0 Å². The summed E-state index contributed by atoms with van der Waals surface area (Å²) in [5, 5.41) is 0. The molecular weight excluding hydrogens is 424 g/mol. The van der Waals surface area contributed by atoms with Gasteiger partial charge < -0.3 is 19.1 Å². The van der Waals surface area contributed by atoms with Crippen molar-refractivity contribution in [3.63, 3.8) is 0 Å². The number of nitrogens with zero attached hydrogens (tertiary/aromatic N) is 2. The highest BCUT2D eigenvalue weighted by molar-refractivity contribution is 5.97. The minimum Gasteiger partial charge on any atom is -0.493 e. The van der Waals surface area contributed by atoms with E-state index in [1.807, 2.05) is 24.3 Å². The Morgan fingerprint density at radius 3 is 2.70 bits per heavy atom. The number of amides is 1. The number of rotatable bonds is 5. The zero-order valence-corrected chi connectivity index (χ0v) is 18.3. The van der Waals surface area contributed by atoms with Crippen molar-refractivity contribution >= 4 is 17.8 Å². The van der Waals surface area contributed by atoms with Gasteiger partial charge in [-0.2, -0.15) is 0 Å². The highest BCUT2D eigenvalue weighted by atomic mass is 16.6. The fourth-order valence-electron chi connectivity index (χ4n) is 4.47. The molecule has 1 fully saturated rings. The van der Waals surface area contributed by atoms with E-state index in [0.717, 1.165) is 16.9 Å². The average Bonchev–Trinajstić information content (AvgIpc) is 3.22. The Labute approximate surface area is 192 Å². The van der Waals surface area contributed by atoms with Crippen LogP contribution in [0.4, 0.5) is 4.79 Å². The Hall–Kier alpha value is -3.39. The van der Waals surface area contributed by atoms with E-state index in [2.05, 4.69) is 4.90 Å². The molecule has 3 heterocycles. The summed E-state index contributed by atoms with van der Waals surface area (Å²) in [6.45, 7) is 3.65. The summed E-state index contributed by atoms with van der Waals surface area (Å²) in [5.74, 6) is 0.996. The molecule has 0 aromatic heterocycles. The molecule has 1 saturated heterocycles. The Morgan fingerprint density at radius 1 is 1.03 bits per heavy atom. The summed E-state index contributed by atoms with van der Waals surface area (Å²) in [4.78, 5) is 40.6. The van der Waals surface area contributed by atoms with Crippen LogP contribution in [0.5, 0.6) is 11.5 Å². The maximum Gasteiger partial charge on any atom is 0.410 e. The van der Waals surface area contributed by atoms with Crippen LogP contribution in [0.15, 0.2) is 42.5 Å². The van der Waals surface area contributed by atoms with Gasteiger partial charge in [-0.15, -0.1) is 0 Å². The van der Waals surface area contributed by atoms with Crippen molar-refractivity contribution in [2.75, 3.05) is 39.3 Å². The van der Waals surface area contributed by atoms with E-state index in [1.54, 1.807) is 23.1 Å². The van der Waals surface area contributed by atoms with Gasteiger partial charge in [0.15, 0.2) is 5.78 Å². The van der Waals surface area contributed by atoms with Crippen LogP contribution in [-0.2, 0) is 16.0 Å². The molecule has 3 aliphatic heterocycles. The first-order valence-electron chi connectivity index (χ1n) is 11.3. The number of fused-ring (bicyclic) bond motifs is 2. The molecule has 1 unspecified atom stereocenters. The molecule has 8 heteroatoms. The van der Waals surface area contributed by atoms with Gasteiger partial charge in [0.05, 0.1) is 13.0 Å². The molecule has 172 valence electrons. The van der Waals surface area contributed by atoms with Crippen LogP contribution in [0.1, 0.15) is 40.4 Å². The molecule has 1 atom stereocenters. The van der Waals surface area contributed by atoms with E-state index in [4.69, 9.17) is 14.2 Å². The lowest BCUT2D eigenvalue weighted by molar-refractivity contribution is -0.131. The smallest absolute Gasteiger partial charge is 0.410 e. The van der Waals surface area contributed by atoms with Crippen molar-refractivity contribution in [3.8, 4) is 11.5 Å². The first kappa shape index (κ1) is 21.5. The van der Waals surface area contributed by atoms with E-state index in [0.29, 0.717) is 63.5 Å². The maximum absolute atomic E-state index is 12.7. The minimum atomic E-state index is -0.305. The van der Waals surface area contributed by atoms with E-state index in [9.17, 15) is 14.4 Å². The molecule has 2 aromatic carbocycles. The summed E-state index contributed by atoms with van der Waals surface area (Å²) in [6.07, 6.45) is 0.685.